The zero-order chi connectivity index (χ0) is 15.9. The van der Waals surface area contributed by atoms with Crippen LogP contribution >= 0.6 is 0 Å². The van der Waals surface area contributed by atoms with Crippen molar-refractivity contribution in [3.63, 3.8) is 0 Å². The number of rotatable bonds is 8. The van der Waals surface area contributed by atoms with Gasteiger partial charge in [-0.15, -0.1) is 0 Å². The number of sulfonamides is 1. The number of carbonyl (C=O) groups excluding carboxylic acids is 1. The molecule has 0 radical (unpaired) electrons. The van der Waals surface area contributed by atoms with Crippen LogP contribution in [0, 0.1) is 5.92 Å². The van der Waals surface area contributed by atoms with E-state index in [0.717, 1.165) is 5.56 Å². The Hall–Kier alpha value is -1.47. The Kier molecular flexibility index (Phi) is 6.77. The molecule has 0 atom stereocenters. The average molecular weight is 313 g/mol. The Bertz CT molecular complexity index is 544. The first-order valence-electron chi connectivity index (χ1n) is 6.92. The molecule has 0 saturated carbocycles. The van der Waals surface area contributed by atoms with Crippen LogP contribution in [0.25, 0.3) is 0 Å². The van der Waals surface area contributed by atoms with E-state index in [1.54, 1.807) is 18.5 Å². The topological polar surface area (TPSA) is 79.4 Å². The zero-order valence-corrected chi connectivity index (χ0v) is 13.6. The van der Waals surface area contributed by atoms with Gasteiger partial charge in [0.25, 0.3) is 0 Å². The van der Waals surface area contributed by atoms with Crippen molar-refractivity contribution in [3.8, 4) is 0 Å². The molecular formula is C14H23N3O3S. The SMILES string of the molecule is CC(C)C(=O)NCCCN(Cc1cccnc1)S(C)(=O)=O. The predicted molar refractivity (Wildman–Crippen MR) is 82.0 cm³/mol. The van der Waals surface area contributed by atoms with Crippen LogP contribution in [0.3, 0.4) is 0 Å². The molecule has 118 valence electrons. The number of amides is 1. The van der Waals surface area contributed by atoms with E-state index in [9.17, 15) is 13.2 Å². The molecule has 7 heteroatoms. The average Bonchev–Trinajstić information content (AvgIpc) is 2.41. The molecule has 0 fully saturated rings. The van der Waals surface area contributed by atoms with E-state index in [-0.39, 0.29) is 11.8 Å². The molecular weight excluding hydrogens is 290 g/mol. The molecule has 21 heavy (non-hydrogen) atoms. The number of pyridine rings is 1. The summed E-state index contributed by atoms with van der Waals surface area (Å²) < 4.78 is 25.0. The Labute approximate surface area is 126 Å². The van der Waals surface area contributed by atoms with E-state index >= 15 is 0 Å². The molecule has 0 saturated heterocycles. The van der Waals surface area contributed by atoms with E-state index in [0.29, 0.717) is 26.1 Å². The van der Waals surface area contributed by atoms with Crippen LogP contribution < -0.4 is 5.32 Å². The summed E-state index contributed by atoms with van der Waals surface area (Å²) in [5.74, 6) is -0.0837. The number of hydrogen-bond donors (Lipinski definition) is 1. The highest BCUT2D eigenvalue weighted by atomic mass is 32.2. The standard InChI is InChI=1S/C14H23N3O3S/c1-12(2)14(18)16-8-5-9-17(21(3,19)20)11-13-6-4-7-15-10-13/h4,6-7,10,12H,5,8-9,11H2,1-3H3,(H,16,18). The Morgan fingerprint density at radius 1 is 1.43 bits per heavy atom. The molecule has 1 aromatic heterocycles. The second-order valence-corrected chi connectivity index (χ2v) is 7.24. The largest absolute Gasteiger partial charge is 0.356 e. The maximum absolute atomic E-state index is 11.8. The smallest absolute Gasteiger partial charge is 0.222 e. The Morgan fingerprint density at radius 3 is 2.67 bits per heavy atom. The van der Waals surface area contributed by atoms with Gasteiger partial charge < -0.3 is 5.32 Å². The first kappa shape index (κ1) is 17.6. The molecule has 6 nitrogen and oxygen atoms in total. The summed E-state index contributed by atoms with van der Waals surface area (Å²) in [6, 6.07) is 3.62. The summed E-state index contributed by atoms with van der Waals surface area (Å²) in [4.78, 5) is 15.4. The van der Waals surface area contributed by atoms with Crippen molar-refractivity contribution in [2.24, 2.45) is 5.92 Å². The third-order valence-corrected chi connectivity index (χ3v) is 4.21. The van der Waals surface area contributed by atoms with Gasteiger partial charge in [0.15, 0.2) is 0 Å². The van der Waals surface area contributed by atoms with E-state index in [1.165, 1.54) is 10.6 Å². The molecule has 1 heterocycles. The van der Waals surface area contributed by atoms with Gasteiger partial charge in [-0.1, -0.05) is 19.9 Å². The van der Waals surface area contributed by atoms with Crippen LogP contribution in [0.2, 0.25) is 0 Å². The monoisotopic (exact) mass is 313 g/mol. The lowest BCUT2D eigenvalue weighted by Gasteiger charge is -2.20. The molecule has 0 spiro atoms. The van der Waals surface area contributed by atoms with Gasteiger partial charge in [-0.2, -0.15) is 4.31 Å². The molecule has 0 aliphatic rings. The van der Waals surface area contributed by atoms with Crippen molar-refractivity contribution in [2.75, 3.05) is 19.3 Å². The lowest BCUT2D eigenvalue weighted by molar-refractivity contribution is -0.123. The lowest BCUT2D eigenvalue weighted by atomic mass is 10.2. The third kappa shape index (κ3) is 6.68. The van der Waals surface area contributed by atoms with Crippen LogP contribution in [0.4, 0.5) is 0 Å². The first-order valence-corrected chi connectivity index (χ1v) is 8.77. The normalized spacial score (nSPS) is 11.9. The highest BCUT2D eigenvalue weighted by Crippen LogP contribution is 2.07. The van der Waals surface area contributed by atoms with Crippen molar-refractivity contribution >= 4 is 15.9 Å². The Morgan fingerprint density at radius 2 is 2.14 bits per heavy atom. The molecule has 0 unspecified atom stereocenters. The van der Waals surface area contributed by atoms with Crippen molar-refractivity contribution in [3.05, 3.63) is 30.1 Å². The second-order valence-electron chi connectivity index (χ2n) is 5.26. The minimum Gasteiger partial charge on any atom is -0.356 e. The van der Waals surface area contributed by atoms with Crippen LogP contribution in [0.5, 0.6) is 0 Å². The van der Waals surface area contributed by atoms with Gasteiger partial charge in [0.05, 0.1) is 6.26 Å². The number of hydrogen-bond acceptors (Lipinski definition) is 4. The maximum atomic E-state index is 11.8. The molecule has 1 amide bonds. The summed E-state index contributed by atoms with van der Waals surface area (Å²) in [5.41, 5.74) is 0.842. The minimum absolute atomic E-state index is 0.0202. The highest BCUT2D eigenvalue weighted by molar-refractivity contribution is 7.88. The predicted octanol–water partition coefficient (Wildman–Crippen LogP) is 1.01. The Balaban J connectivity index is 2.51. The van der Waals surface area contributed by atoms with Gasteiger partial charge in [-0.3, -0.25) is 9.78 Å². The van der Waals surface area contributed by atoms with E-state index in [1.807, 2.05) is 19.9 Å². The summed E-state index contributed by atoms with van der Waals surface area (Å²) in [6.07, 6.45) is 5.07. The number of carbonyl (C=O) groups is 1. The van der Waals surface area contributed by atoms with Crippen LogP contribution in [-0.4, -0.2) is 43.0 Å². The van der Waals surface area contributed by atoms with Gasteiger partial charge in [-0.05, 0) is 18.1 Å². The molecule has 0 aliphatic carbocycles. The van der Waals surface area contributed by atoms with Crippen molar-refractivity contribution < 1.29 is 13.2 Å². The van der Waals surface area contributed by atoms with Crippen LogP contribution in [0.15, 0.2) is 24.5 Å². The van der Waals surface area contributed by atoms with Crippen LogP contribution in [-0.2, 0) is 21.4 Å². The van der Waals surface area contributed by atoms with Gasteiger partial charge in [-0.25, -0.2) is 8.42 Å². The fourth-order valence-electron chi connectivity index (χ4n) is 1.73. The summed E-state index contributed by atoms with van der Waals surface area (Å²) in [6.45, 7) is 4.77. The van der Waals surface area contributed by atoms with Crippen molar-refractivity contribution in [1.29, 1.82) is 0 Å². The first-order chi connectivity index (χ1) is 9.80. The molecule has 1 rings (SSSR count). The highest BCUT2D eigenvalue weighted by Gasteiger charge is 2.16. The molecule has 1 N–H and O–H groups in total. The number of nitrogens with one attached hydrogen (secondary N) is 1. The maximum Gasteiger partial charge on any atom is 0.222 e. The fraction of sp³-hybridized carbons (Fsp3) is 0.571. The molecule has 0 bridgehead atoms. The number of nitrogens with zero attached hydrogens (tertiary/aromatic N) is 2. The molecule has 0 aromatic carbocycles. The quantitative estimate of drug-likeness (QED) is 0.726. The second kappa shape index (κ2) is 8.09. The van der Waals surface area contributed by atoms with Gasteiger partial charge in [0.2, 0.25) is 15.9 Å². The zero-order valence-electron chi connectivity index (χ0n) is 12.7. The molecule has 0 aliphatic heterocycles. The summed E-state index contributed by atoms with van der Waals surface area (Å²) in [5, 5.41) is 2.78. The van der Waals surface area contributed by atoms with Gasteiger partial charge >= 0.3 is 0 Å². The fourth-order valence-corrected chi connectivity index (χ4v) is 2.57. The lowest BCUT2D eigenvalue weighted by Crippen LogP contribution is -2.34. The van der Waals surface area contributed by atoms with E-state index < -0.39 is 10.0 Å². The summed E-state index contributed by atoms with van der Waals surface area (Å²) in [7, 11) is -3.29. The van der Waals surface area contributed by atoms with Crippen molar-refractivity contribution in [2.45, 2.75) is 26.8 Å². The molecule has 1 aromatic rings. The summed E-state index contributed by atoms with van der Waals surface area (Å²) >= 11 is 0. The van der Waals surface area contributed by atoms with Crippen molar-refractivity contribution in [1.82, 2.24) is 14.6 Å². The van der Waals surface area contributed by atoms with E-state index in [2.05, 4.69) is 10.3 Å². The minimum atomic E-state index is -3.29. The van der Waals surface area contributed by atoms with E-state index in [4.69, 9.17) is 0 Å². The van der Waals surface area contributed by atoms with Gasteiger partial charge in [0.1, 0.15) is 0 Å². The number of aromatic nitrogens is 1. The third-order valence-electron chi connectivity index (χ3n) is 2.96. The van der Waals surface area contributed by atoms with Gasteiger partial charge in [0, 0.05) is 37.9 Å². The van der Waals surface area contributed by atoms with Crippen LogP contribution in [0.1, 0.15) is 25.8 Å².